The van der Waals surface area contributed by atoms with Crippen molar-refractivity contribution in [1.82, 2.24) is 0 Å². The number of aryl methyl sites for hydroxylation is 1. The summed E-state index contributed by atoms with van der Waals surface area (Å²) in [5.74, 6) is 1.32. The van der Waals surface area contributed by atoms with Gasteiger partial charge in [-0.2, -0.15) is 0 Å². The van der Waals surface area contributed by atoms with Crippen LogP contribution in [-0.2, 0) is 6.42 Å². The van der Waals surface area contributed by atoms with Gasteiger partial charge in [0.15, 0.2) is 11.5 Å². The van der Waals surface area contributed by atoms with E-state index in [4.69, 9.17) is 15.2 Å². The second-order valence-electron chi connectivity index (χ2n) is 5.14. The summed E-state index contributed by atoms with van der Waals surface area (Å²) < 4.78 is 24.6. The van der Waals surface area contributed by atoms with Gasteiger partial charge in [-0.3, -0.25) is 0 Å². The number of ether oxygens (including phenoxy) is 2. The Hall–Kier alpha value is -2.07. The summed E-state index contributed by atoms with van der Waals surface area (Å²) in [6.07, 6.45) is 1.29. The molecule has 2 aromatic carbocycles. The van der Waals surface area contributed by atoms with Gasteiger partial charge in [0.05, 0.1) is 0 Å². The molecule has 0 saturated heterocycles. The van der Waals surface area contributed by atoms with Gasteiger partial charge in [-0.15, -0.1) is 0 Å². The summed E-state index contributed by atoms with van der Waals surface area (Å²) in [6.45, 7) is 1.13. The van der Waals surface area contributed by atoms with Crippen molar-refractivity contribution < 1.29 is 13.9 Å². The van der Waals surface area contributed by atoms with Crippen LogP contribution in [-0.4, -0.2) is 13.2 Å². The highest BCUT2D eigenvalue weighted by atomic mass is 19.1. The SMILES string of the molecule is NC(CCc1ccccc1F)c1ccc2c(c1)OCCO2. The molecule has 0 saturated carbocycles. The Labute approximate surface area is 123 Å². The largest absolute Gasteiger partial charge is 0.486 e. The van der Waals surface area contributed by atoms with Gasteiger partial charge in [0.1, 0.15) is 19.0 Å². The molecule has 0 fully saturated rings. The van der Waals surface area contributed by atoms with Crippen LogP contribution in [0.4, 0.5) is 4.39 Å². The molecular formula is C17H18FNO2. The number of hydrogen-bond donors (Lipinski definition) is 1. The Morgan fingerprint density at radius 3 is 2.62 bits per heavy atom. The van der Waals surface area contributed by atoms with E-state index in [0.29, 0.717) is 31.6 Å². The standard InChI is InChI=1S/C17H18FNO2/c18-14-4-2-1-3-12(14)5-7-15(19)13-6-8-16-17(11-13)21-10-9-20-16/h1-4,6,8,11,15H,5,7,9-10,19H2. The second-order valence-corrected chi connectivity index (χ2v) is 5.14. The molecule has 110 valence electrons. The molecule has 2 aromatic rings. The fraction of sp³-hybridized carbons (Fsp3) is 0.294. The molecule has 0 radical (unpaired) electrons. The maximum atomic E-state index is 13.6. The van der Waals surface area contributed by atoms with Gasteiger partial charge < -0.3 is 15.2 Å². The van der Waals surface area contributed by atoms with E-state index >= 15 is 0 Å². The quantitative estimate of drug-likeness (QED) is 0.939. The van der Waals surface area contributed by atoms with Gasteiger partial charge in [0.25, 0.3) is 0 Å². The van der Waals surface area contributed by atoms with Crippen LogP contribution in [0.25, 0.3) is 0 Å². The zero-order chi connectivity index (χ0) is 14.7. The Balaban J connectivity index is 1.68. The van der Waals surface area contributed by atoms with E-state index in [1.54, 1.807) is 12.1 Å². The van der Waals surface area contributed by atoms with Crippen molar-refractivity contribution in [1.29, 1.82) is 0 Å². The van der Waals surface area contributed by atoms with E-state index in [-0.39, 0.29) is 11.9 Å². The Bertz CT molecular complexity index is 630. The van der Waals surface area contributed by atoms with Crippen molar-refractivity contribution in [2.24, 2.45) is 5.73 Å². The normalized spacial score (nSPS) is 14.8. The van der Waals surface area contributed by atoms with E-state index in [9.17, 15) is 4.39 Å². The van der Waals surface area contributed by atoms with Crippen LogP contribution >= 0.6 is 0 Å². The van der Waals surface area contributed by atoms with Crippen molar-refractivity contribution >= 4 is 0 Å². The molecule has 1 atom stereocenters. The van der Waals surface area contributed by atoms with Crippen molar-refractivity contribution in [2.45, 2.75) is 18.9 Å². The van der Waals surface area contributed by atoms with E-state index in [2.05, 4.69) is 0 Å². The average molecular weight is 287 g/mol. The lowest BCUT2D eigenvalue weighted by Crippen LogP contribution is -2.17. The summed E-state index contributed by atoms with van der Waals surface area (Å²) in [5, 5.41) is 0. The molecule has 1 aliphatic heterocycles. The number of nitrogens with two attached hydrogens (primary N) is 1. The lowest BCUT2D eigenvalue weighted by Gasteiger charge is -2.20. The Morgan fingerprint density at radius 2 is 1.81 bits per heavy atom. The van der Waals surface area contributed by atoms with E-state index < -0.39 is 0 Å². The maximum Gasteiger partial charge on any atom is 0.161 e. The van der Waals surface area contributed by atoms with E-state index in [1.807, 2.05) is 24.3 Å². The zero-order valence-electron chi connectivity index (χ0n) is 11.7. The molecule has 0 bridgehead atoms. The molecule has 0 spiro atoms. The van der Waals surface area contributed by atoms with Gasteiger partial charge in [0, 0.05) is 6.04 Å². The van der Waals surface area contributed by atoms with Crippen LogP contribution in [0.3, 0.4) is 0 Å². The molecule has 4 heteroatoms. The smallest absolute Gasteiger partial charge is 0.161 e. The third kappa shape index (κ3) is 3.16. The summed E-state index contributed by atoms with van der Waals surface area (Å²) in [7, 11) is 0. The van der Waals surface area contributed by atoms with Crippen molar-refractivity contribution in [3.63, 3.8) is 0 Å². The first kappa shape index (κ1) is 13.9. The van der Waals surface area contributed by atoms with Crippen LogP contribution in [0.5, 0.6) is 11.5 Å². The minimum atomic E-state index is -0.174. The number of halogens is 1. The highest BCUT2D eigenvalue weighted by Crippen LogP contribution is 2.33. The Kier molecular flexibility index (Phi) is 4.06. The van der Waals surface area contributed by atoms with E-state index in [1.165, 1.54) is 6.07 Å². The predicted molar refractivity (Wildman–Crippen MR) is 79.1 cm³/mol. The fourth-order valence-electron chi connectivity index (χ4n) is 2.47. The average Bonchev–Trinajstić information content (AvgIpc) is 2.53. The molecule has 1 heterocycles. The highest BCUT2D eigenvalue weighted by Gasteiger charge is 2.15. The van der Waals surface area contributed by atoms with Gasteiger partial charge in [0.2, 0.25) is 0 Å². The summed E-state index contributed by atoms with van der Waals surface area (Å²) in [4.78, 5) is 0. The summed E-state index contributed by atoms with van der Waals surface area (Å²) in [6, 6.07) is 12.4. The first-order valence-electron chi connectivity index (χ1n) is 7.12. The lowest BCUT2D eigenvalue weighted by molar-refractivity contribution is 0.171. The molecule has 2 N–H and O–H groups in total. The molecule has 0 amide bonds. The zero-order valence-corrected chi connectivity index (χ0v) is 11.7. The minimum absolute atomic E-state index is 0.152. The van der Waals surface area contributed by atoms with Crippen molar-refractivity contribution in [3.05, 3.63) is 59.4 Å². The van der Waals surface area contributed by atoms with Gasteiger partial charge >= 0.3 is 0 Å². The number of hydrogen-bond acceptors (Lipinski definition) is 3. The van der Waals surface area contributed by atoms with Gasteiger partial charge in [-0.1, -0.05) is 24.3 Å². The fourth-order valence-corrected chi connectivity index (χ4v) is 2.47. The monoisotopic (exact) mass is 287 g/mol. The molecule has 3 nitrogen and oxygen atoms in total. The molecule has 3 rings (SSSR count). The molecule has 1 aliphatic rings. The van der Waals surface area contributed by atoms with Crippen LogP contribution < -0.4 is 15.2 Å². The maximum absolute atomic E-state index is 13.6. The minimum Gasteiger partial charge on any atom is -0.486 e. The first-order valence-corrected chi connectivity index (χ1v) is 7.12. The van der Waals surface area contributed by atoms with E-state index in [0.717, 1.165) is 17.1 Å². The van der Waals surface area contributed by atoms with Crippen LogP contribution in [0, 0.1) is 5.82 Å². The highest BCUT2D eigenvalue weighted by molar-refractivity contribution is 5.44. The van der Waals surface area contributed by atoms with Crippen LogP contribution in [0.1, 0.15) is 23.6 Å². The summed E-state index contributed by atoms with van der Waals surface area (Å²) >= 11 is 0. The van der Waals surface area contributed by atoms with Crippen LogP contribution in [0.2, 0.25) is 0 Å². The summed E-state index contributed by atoms with van der Waals surface area (Å²) in [5.41, 5.74) is 7.89. The number of fused-ring (bicyclic) bond motifs is 1. The predicted octanol–water partition coefficient (Wildman–Crippen LogP) is 3.23. The molecular weight excluding hydrogens is 269 g/mol. The molecule has 0 aliphatic carbocycles. The number of rotatable bonds is 4. The Morgan fingerprint density at radius 1 is 1.05 bits per heavy atom. The van der Waals surface area contributed by atoms with Crippen molar-refractivity contribution in [3.8, 4) is 11.5 Å². The third-order valence-electron chi connectivity index (χ3n) is 3.68. The molecule has 1 unspecified atom stereocenters. The van der Waals surface area contributed by atoms with Gasteiger partial charge in [-0.25, -0.2) is 4.39 Å². The van der Waals surface area contributed by atoms with Gasteiger partial charge in [-0.05, 0) is 42.2 Å². The lowest BCUT2D eigenvalue weighted by atomic mass is 9.99. The van der Waals surface area contributed by atoms with Crippen LogP contribution in [0.15, 0.2) is 42.5 Å². The van der Waals surface area contributed by atoms with Crippen molar-refractivity contribution in [2.75, 3.05) is 13.2 Å². The molecule has 0 aromatic heterocycles. The molecule has 21 heavy (non-hydrogen) atoms. The third-order valence-corrected chi connectivity index (χ3v) is 3.68. The first-order chi connectivity index (χ1) is 10.2. The number of benzene rings is 2. The second kappa shape index (κ2) is 6.14. The topological polar surface area (TPSA) is 44.5 Å².